The van der Waals surface area contributed by atoms with Gasteiger partial charge in [0.25, 0.3) is 0 Å². The Hall–Kier alpha value is -3.83. The van der Waals surface area contributed by atoms with Gasteiger partial charge in [-0.3, -0.25) is 4.98 Å². The number of pyridine rings is 1. The van der Waals surface area contributed by atoms with Crippen LogP contribution >= 0.6 is 0 Å². The average molecular weight is 464 g/mol. The Kier molecular flexibility index (Phi) is 5.83. The molecule has 3 heterocycles. The third-order valence-corrected chi connectivity index (χ3v) is 4.75. The van der Waals surface area contributed by atoms with E-state index in [1.54, 1.807) is 7.05 Å². The molecule has 0 unspecified atom stereocenters. The summed E-state index contributed by atoms with van der Waals surface area (Å²) in [4.78, 5) is 8.46. The summed E-state index contributed by atoms with van der Waals surface area (Å²) in [5.41, 5.74) is -0.999. The van der Waals surface area contributed by atoms with Gasteiger partial charge < -0.3 is 9.30 Å². The number of nitrogens with zero attached hydrogens (tertiary/aromatic N) is 5. The number of nitrogens with one attached hydrogen (secondary N) is 1. The standard InChI is InChI=1S/C21H17F5N6O/c1-3-6-33-15-9-12(22)8-13(23)16(15)19-18(28-10-32(19)2)14-7-11(4-5-27-14)17-20(21(24,25)26)30-31-29-17/h4-5,7-10H,3,6H2,1-2H3,(H,29,30,31). The topological polar surface area (TPSA) is 81.5 Å². The number of alkyl halides is 3. The molecule has 12 heteroatoms. The van der Waals surface area contributed by atoms with Crippen LogP contribution in [0.3, 0.4) is 0 Å². The van der Waals surface area contributed by atoms with Gasteiger partial charge in [-0.25, -0.2) is 13.8 Å². The number of H-pyrrole nitrogens is 1. The zero-order chi connectivity index (χ0) is 23.8. The lowest BCUT2D eigenvalue weighted by Crippen LogP contribution is -2.07. The molecule has 0 bridgehead atoms. The van der Waals surface area contributed by atoms with Gasteiger partial charge in [-0.2, -0.15) is 28.6 Å². The first-order chi connectivity index (χ1) is 15.7. The number of hydrogen-bond acceptors (Lipinski definition) is 5. The van der Waals surface area contributed by atoms with E-state index in [-0.39, 0.29) is 40.6 Å². The largest absolute Gasteiger partial charge is 0.493 e. The maximum Gasteiger partial charge on any atom is 0.437 e. The fourth-order valence-electron chi connectivity index (χ4n) is 3.36. The van der Waals surface area contributed by atoms with Gasteiger partial charge in [0.05, 0.1) is 29.9 Å². The first kappa shape index (κ1) is 22.4. The van der Waals surface area contributed by atoms with Gasteiger partial charge in [-0.05, 0) is 18.6 Å². The van der Waals surface area contributed by atoms with Gasteiger partial charge in [0, 0.05) is 30.9 Å². The third-order valence-electron chi connectivity index (χ3n) is 4.75. The molecule has 0 saturated carbocycles. The lowest BCUT2D eigenvalue weighted by atomic mass is 10.0. The molecule has 0 aliphatic rings. The van der Waals surface area contributed by atoms with Crippen LogP contribution in [0.1, 0.15) is 19.0 Å². The van der Waals surface area contributed by atoms with Crippen LogP contribution in [0.15, 0.2) is 36.8 Å². The zero-order valence-corrected chi connectivity index (χ0v) is 17.4. The number of imidazole rings is 1. The van der Waals surface area contributed by atoms with Crippen LogP contribution in [0, 0.1) is 11.6 Å². The van der Waals surface area contributed by atoms with Gasteiger partial charge in [0.2, 0.25) is 0 Å². The normalized spacial score (nSPS) is 11.7. The second-order valence-corrected chi connectivity index (χ2v) is 7.11. The lowest BCUT2D eigenvalue weighted by Gasteiger charge is -2.14. The second kappa shape index (κ2) is 8.60. The van der Waals surface area contributed by atoms with Crippen LogP contribution in [0.2, 0.25) is 0 Å². The summed E-state index contributed by atoms with van der Waals surface area (Å²) in [6.45, 7) is 2.07. The summed E-state index contributed by atoms with van der Waals surface area (Å²) in [7, 11) is 1.60. The Morgan fingerprint density at radius 2 is 1.85 bits per heavy atom. The van der Waals surface area contributed by atoms with Gasteiger partial charge in [-0.15, -0.1) is 0 Å². The van der Waals surface area contributed by atoms with Crippen molar-refractivity contribution in [2.45, 2.75) is 19.5 Å². The predicted octanol–water partition coefficient (Wildman–Crippen LogP) is 5.02. The van der Waals surface area contributed by atoms with E-state index < -0.39 is 29.2 Å². The van der Waals surface area contributed by atoms with E-state index in [4.69, 9.17) is 4.74 Å². The van der Waals surface area contributed by atoms with E-state index in [0.717, 1.165) is 12.1 Å². The quantitative estimate of drug-likeness (QED) is 0.405. The molecule has 3 aromatic heterocycles. The van der Waals surface area contributed by atoms with E-state index in [0.29, 0.717) is 6.42 Å². The van der Waals surface area contributed by atoms with Crippen LogP contribution in [0.4, 0.5) is 22.0 Å². The number of halogens is 5. The van der Waals surface area contributed by atoms with Crippen molar-refractivity contribution < 1.29 is 26.7 Å². The molecule has 4 rings (SSSR count). The minimum atomic E-state index is -4.72. The van der Waals surface area contributed by atoms with Crippen molar-refractivity contribution in [1.82, 2.24) is 29.9 Å². The highest BCUT2D eigenvalue weighted by Gasteiger charge is 2.38. The van der Waals surface area contributed by atoms with Gasteiger partial charge in [0.15, 0.2) is 5.69 Å². The van der Waals surface area contributed by atoms with Crippen molar-refractivity contribution in [2.75, 3.05) is 6.61 Å². The molecule has 1 N–H and O–H groups in total. The van der Waals surface area contributed by atoms with Gasteiger partial charge in [0.1, 0.15) is 28.8 Å². The molecule has 0 radical (unpaired) electrons. The predicted molar refractivity (Wildman–Crippen MR) is 108 cm³/mol. The van der Waals surface area contributed by atoms with Crippen LogP contribution < -0.4 is 4.74 Å². The summed E-state index contributed by atoms with van der Waals surface area (Å²) in [6, 6.07) is 4.47. The van der Waals surface area contributed by atoms with Crippen molar-refractivity contribution in [2.24, 2.45) is 7.05 Å². The summed E-state index contributed by atoms with van der Waals surface area (Å²) in [5, 5.41) is 8.79. The molecular formula is C21H17F5N6O. The van der Waals surface area contributed by atoms with Crippen LogP contribution in [0.25, 0.3) is 33.9 Å². The van der Waals surface area contributed by atoms with Crippen LogP contribution in [-0.4, -0.2) is 36.6 Å². The monoisotopic (exact) mass is 464 g/mol. The first-order valence-electron chi connectivity index (χ1n) is 9.79. The fraction of sp³-hybridized carbons (Fsp3) is 0.238. The maximum atomic E-state index is 14.9. The Morgan fingerprint density at radius 3 is 2.58 bits per heavy atom. The van der Waals surface area contributed by atoms with Crippen molar-refractivity contribution in [3.63, 3.8) is 0 Å². The summed E-state index contributed by atoms with van der Waals surface area (Å²) in [6.07, 6.45) is -1.43. The smallest absolute Gasteiger partial charge is 0.437 e. The van der Waals surface area contributed by atoms with Crippen molar-refractivity contribution >= 4 is 0 Å². The average Bonchev–Trinajstić information content (AvgIpc) is 3.39. The molecular weight excluding hydrogens is 447 g/mol. The number of aromatic amines is 1. The molecule has 0 saturated heterocycles. The van der Waals surface area contributed by atoms with Crippen molar-refractivity contribution in [1.29, 1.82) is 0 Å². The maximum absolute atomic E-state index is 14.9. The molecule has 33 heavy (non-hydrogen) atoms. The molecule has 4 aromatic rings. The van der Waals surface area contributed by atoms with Gasteiger partial charge >= 0.3 is 6.18 Å². The number of ether oxygens (including phenoxy) is 1. The number of aromatic nitrogens is 6. The SMILES string of the molecule is CCCOc1cc(F)cc(F)c1-c1c(-c2cc(-c3n[nH]nc3C(F)(F)F)ccn2)ncn1C. The number of aryl methyl sites for hydroxylation is 1. The Morgan fingerprint density at radius 1 is 1.06 bits per heavy atom. The molecule has 0 fully saturated rings. The third kappa shape index (κ3) is 4.28. The van der Waals surface area contributed by atoms with Crippen molar-refractivity contribution in [3.8, 4) is 39.7 Å². The number of rotatable bonds is 6. The molecule has 7 nitrogen and oxygen atoms in total. The van der Waals surface area contributed by atoms with Crippen LogP contribution in [0.5, 0.6) is 5.75 Å². The Bertz CT molecular complexity index is 1300. The van der Waals surface area contributed by atoms with Crippen molar-refractivity contribution in [3.05, 3.63) is 54.1 Å². The van der Waals surface area contributed by atoms with Gasteiger partial charge in [-0.1, -0.05) is 6.92 Å². The summed E-state index contributed by atoms with van der Waals surface area (Å²) >= 11 is 0. The number of benzene rings is 1. The van der Waals surface area contributed by atoms with E-state index >= 15 is 0 Å². The minimum Gasteiger partial charge on any atom is -0.493 e. The van der Waals surface area contributed by atoms with E-state index in [9.17, 15) is 22.0 Å². The Labute approximate surface area is 184 Å². The molecule has 1 aromatic carbocycles. The molecule has 0 atom stereocenters. The van der Waals surface area contributed by atoms with E-state index in [2.05, 4.69) is 20.2 Å². The highest BCUT2D eigenvalue weighted by molar-refractivity contribution is 5.82. The lowest BCUT2D eigenvalue weighted by molar-refractivity contribution is -0.140. The molecule has 0 aliphatic heterocycles. The summed E-state index contributed by atoms with van der Waals surface area (Å²) in [5.74, 6) is -1.71. The van der Waals surface area contributed by atoms with E-state index in [1.807, 2.05) is 12.1 Å². The Balaban J connectivity index is 1.87. The minimum absolute atomic E-state index is 0.0220. The molecule has 0 amide bonds. The highest BCUT2D eigenvalue weighted by atomic mass is 19.4. The molecule has 0 spiro atoms. The highest BCUT2D eigenvalue weighted by Crippen LogP contribution is 2.40. The first-order valence-corrected chi connectivity index (χ1v) is 9.79. The zero-order valence-electron chi connectivity index (χ0n) is 17.4. The van der Waals surface area contributed by atoms with E-state index in [1.165, 1.54) is 29.2 Å². The number of hydrogen-bond donors (Lipinski definition) is 1. The second-order valence-electron chi connectivity index (χ2n) is 7.11. The summed E-state index contributed by atoms with van der Waals surface area (Å²) < 4.78 is 75.7. The van der Waals surface area contributed by atoms with Crippen LogP contribution in [-0.2, 0) is 13.2 Å². The molecule has 172 valence electrons. The molecule has 0 aliphatic carbocycles. The fourth-order valence-corrected chi connectivity index (χ4v) is 3.36.